The van der Waals surface area contributed by atoms with Crippen molar-refractivity contribution in [2.24, 2.45) is 0 Å². The van der Waals surface area contributed by atoms with Crippen LogP contribution in [-0.4, -0.2) is 35.0 Å². The second-order valence-corrected chi connectivity index (χ2v) is 9.61. The van der Waals surface area contributed by atoms with E-state index in [1.165, 1.54) is 20.1 Å². The Morgan fingerprint density at radius 1 is 0.609 bits per heavy atom. The van der Waals surface area contributed by atoms with Crippen molar-refractivity contribution in [2.75, 3.05) is 0 Å². The number of phenols is 1. The van der Waals surface area contributed by atoms with Gasteiger partial charge in [-0.1, -0.05) is 0 Å². The Bertz CT molecular complexity index is 680. The van der Waals surface area contributed by atoms with Crippen LogP contribution in [0.4, 0.5) is 0 Å². The summed E-state index contributed by atoms with van der Waals surface area (Å²) >= 11 is 0.827. The molecule has 1 N–H and O–H groups in total. The first-order valence-electron chi connectivity index (χ1n) is 7.47. The van der Waals surface area contributed by atoms with Crippen molar-refractivity contribution in [3.8, 4) is 5.75 Å². The predicted octanol–water partition coefficient (Wildman–Crippen LogP) is 2.45. The maximum absolute atomic E-state index is 10.0. The van der Waals surface area contributed by atoms with Gasteiger partial charge < -0.3 is 0 Å². The van der Waals surface area contributed by atoms with E-state index in [1.807, 2.05) is 12.1 Å². The van der Waals surface area contributed by atoms with Gasteiger partial charge in [0.15, 0.2) is 0 Å². The van der Waals surface area contributed by atoms with Crippen molar-refractivity contribution in [2.45, 2.75) is 10.6 Å². The first-order chi connectivity index (χ1) is 11.3. The Labute approximate surface area is 150 Å². The molecule has 0 saturated heterocycles. The van der Waals surface area contributed by atoms with Crippen molar-refractivity contribution in [3.63, 3.8) is 0 Å². The number of rotatable bonds is 6. The molecule has 0 radical (unpaired) electrons. The second kappa shape index (κ2) is 8.38. The molecule has 0 amide bonds. The van der Waals surface area contributed by atoms with Gasteiger partial charge in [0.1, 0.15) is 0 Å². The molecule has 0 bridgehead atoms. The van der Waals surface area contributed by atoms with Crippen LogP contribution in [0.2, 0.25) is 0 Å². The zero-order chi connectivity index (χ0) is 15.9. The minimum absolute atomic E-state index is 0.394. The van der Waals surface area contributed by atoms with Crippen LogP contribution in [0.3, 0.4) is 0 Å². The molecule has 0 spiro atoms. The zero-order valence-corrected chi connectivity index (χ0v) is 16.1. The summed E-state index contributed by atoms with van der Waals surface area (Å²) in [5.41, 5.74) is 2.49. The first-order valence-corrected chi connectivity index (χ1v) is 11.6. The molecule has 0 unspecified atom stereocenters. The van der Waals surface area contributed by atoms with E-state index in [1.54, 1.807) is 0 Å². The molecule has 0 heterocycles. The van der Waals surface area contributed by atoms with Gasteiger partial charge in [-0.25, -0.2) is 0 Å². The van der Waals surface area contributed by atoms with Crippen molar-refractivity contribution < 1.29 is 5.11 Å². The SMILES string of the molecule is Oc1cc(C[Se]c2ccccc2)cc(C[Se]c2ccccc2)c1. The van der Waals surface area contributed by atoms with Crippen LogP contribution in [0.5, 0.6) is 5.75 Å². The average molecular weight is 432 g/mol. The molecule has 23 heavy (non-hydrogen) atoms. The molecule has 0 saturated carbocycles. The van der Waals surface area contributed by atoms with Crippen LogP contribution in [0, 0.1) is 0 Å². The normalized spacial score (nSPS) is 10.6. The monoisotopic (exact) mass is 434 g/mol. The molecule has 3 heteroatoms. The van der Waals surface area contributed by atoms with Gasteiger partial charge in [-0.3, -0.25) is 0 Å². The Hall–Kier alpha value is -1.50. The molecule has 0 aliphatic heterocycles. The van der Waals surface area contributed by atoms with E-state index in [0.29, 0.717) is 35.7 Å². The molecular formula is C20H18OSe2. The maximum atomic E-state index is 10.0. The Kier molecular flexibility index (Phi) is 5.96. The molecular weight excluding hydrogens is 414 g/mol. The number of phenolic OH excluding ortho intramolecular Hbond substituents is 1. The standard InChI is InChI=1S/C20H18OSe2/c21-18-12-16(14-22-19-7-3-1-4-8-19)11-17(13-18)15-23-20-9-5-2-6-10-20/h1-13,21H,14-15H2. The van der Waals surface area contributed by atoms with Gasteiger partial charge >= 0.3 is 150 Å². The minimum atomic E-state index is 0.394. The Morgan fingerprint density at radius 3 is 1.48 bits per heavy atom. The molecule has 1 nitrogen and oxygen atoms in total. The zero-order valence-electron chi connectivity index (χ0n) is 12.7. The van der Waals surface area contributed by atoms with E-state index < -0.39 is 0 Å². The van der Waals surface area contributed by atoms with Crippen molar-refractivity contribution in [1.82, 2.24) is 0 Å². The van der Waals surface area contributed by atoms with Gasteiger partial charge in [-0.15, -0.1) is 0 Å². The van der Waals surface area contributed by atoms with Crippen LogP contribution in [-0.2, 0) is 10.6 Å². The van der Waals surface area contributed by atoms with Gasteiger partial charge in [0.25, 0.3) is 0 Å². The molecule has 3 aromatic rings. The van der Waals surface area contributed by atoms with E-state index in [4.69, 9.17) is 0 Å². The summed E-state index contributed by atoms with van der Waals surface area (Å²) in [5, 5.41) is 12.1. The van der Waals surface area contributed by atoms with E-state index >= 15 is 0 Å². The molecule has 3 rings (SSSR count). The fourth-order valence-corrected chi connectivity index (χ4v) is 5.84. The van der Waals surface area contributed by atoms with E-state index in [9.17, 15) is 5.11 Å². The van der Waals surface area contributed by atoms with Crippen molar-refractivity contribution >= 4 is 38.8 Å². The number of aromatic hydroxyl groups is 1. The summed E-state index contributed by atoms with van der Waals surface area (Å²) in [4.78, 5) is 0. The summed E-state index contributed by atoms with van der Waals surface area (Å²) in [5.74, 6) is 0.394. The van der Waals surface area contributed by atoms with Crippen LogP contribution in [0.1, 0.15) is 11.1 Å². The second-order valence-electron chi connectivity index (χ2n) is 5.21. The molecule has 0 fully saturated rings. The van der Waals surface area contributed by atoms with E-state index in [2.05, 4.69) is 66.7 Å². The Balaban J connectivity index is 1.64. The third-order valence-corrected chi connectivity index (χ3v) is 7.88. The molecule has 0 atom stereocenters. The van der Waals surface area contributed by atoms with Crippen LogP contribution >= 0.6 is 0 Å². The molecule has 116 valence electrons. The summed E-state index contributed by atoms with van der Waals surface area (Å²) in [6.45, 7) is 0. The summed E-state index contributed by atoms with van der Waals surface area (Å²) < 4.78 is 2.80. The Morgan fingerprint density at radius 2 is 1.04 bits per heavy atom. The average Bonchev–Trinajstić information content (AvgIpc) is 2.60. The topological polar surface area (TPSA) is 20.2 Å². The van der Waals surface area contributed by atoms with Crippen LogP contribution < -0.4 is 8.92 Å². The molecule has 0 aromatic heterocycles. The van der Waals surface area contributed by atoms with Crippen molar-refractivity contribution in [1.29, 1.82) is 0 Å². The van der Waals surface area contributed by atoms with E-state index in [0.717, 1.165) is 10.6 Å². The van der Waals surface area contributed by atoms with Gasteiger partial charge in [-0.05, 0) is 0 Å². The molecule has 0 aliphatic rings. The van der Waals surface area contributed by atoms with Gasteiger partial charge in [0.2, 0.25) is 0 Å². The third kappa shape index (κ3) is 5.27. The summed E-state index contributed by atoms with van der Waals surface area (Å²) in [6.07, 6.45) is 0. The fourth-order valence-electron chi connectivity index (χ4n) is 2.28. The quantitative estimate of drug-likeness (QED) is 0.594. The van der Waals surface area contributed by atoms with Crippen LogP contribution in [0.25, 0.3) is 0 Å². The number of hydrogen-bond donors (Lipinski definition) is 1. The molecule has 3 aromatic carbocycles. The number of hydrogen-bond acceptors (Lipinski definition) is 1. The van der Waals surface area contributed by atoms with Crippen molar-refractivity contribution in [3.05, 3.63) is 90.0 Å². The van der Waals surface area contributed by atoms with Crippen LogP contribution in [0.15, 0.2) is 78.9 Å². The van der Waals surface area contributed by atoms with Gasteiger partial charge in [-0.2, -0.15) is 0 Å². The summed E-state index contributed by atoms with van der Waals surface area (Å²) in [7, 11) is 0. The predicted molar refractivity (Wildman–Crippen MR) is 99.2 cm³/mol. The first kappa shape index (κ1) is 16.4. The van der Waals surface area contributed by atoms with E-state index in [-0.39, 0.29) is 0 Å². The fraction of sp³-hybridized carbons (Fsp3) is 0.100. The number of benzene rings is 3. The third-order valence-electron chi connectivity index (χ3n) is 3.33. The van der Waals surface area contributed by atoms with Gasteiger partial charge in [0, 0.05) is 0 Å². The van der Waals surface area contributed by atoms with Gasteiger partial charge in [0.05, 0.1) is 0 Å². The summed E-state index contributed by atoms with van der Waals surface area (Å²) in [6, 6.07) is 27.3. The molecule has 0 aliphatic carbocycles.